The SMILES string of the molecule is CNc1nccn1-c1cccc(C)c1C. The Labute approximate surface area is 89.8 Å². The number of rotatable bonds is 2. The first kappa shape index (κ1) is 9.77. The molecule has 1 aromatic carbocycles. The molecule has 0 amide bonds. The molecule has 0 aliphatic rings. The van der Waals surface area contributed by atoms with Crippen LogP contribution in [0.5, 0.6) is 0 Å². The van der Waals surface area contributed by atoms with Gasteiger partial charge in [-0.25, -0.2) is 4.98 Å². The average molecular weight is 201 g/mol. The Morgan fingerprint density at radius 3 is 2.80 bits per heavy atom. The predicted octanol–water partition coefficient (Wildman–Crippen LogP) is 2.53. The van der Waals surface area contributed by atoms with E-state index in [1.807, 2.05) is 13.2 Å². The van der Waals surface area contributed by atoms with E-state index in [2.05, 4.69) is 46.9 Å². The van der Waals surface area contributed by atoms with E-state index in [0.29, 0.717) is 0 Å². The van der Waals surface area contributed by atoms with Gasteiger partial charge in [0, 0.05) is 19.4 Å². The first-order valence-electron chi connectivity index (χ1n) is 5.01. The third-order valence-electron chi connectivity index (χ3n) is 2.70. The van der Waals surface area contributed by atoms with Gasteiger partial charge in [-0.15, -0.1) is 0 Å². The molecule has 0 saturated heterocycles. The van der Waals surface area contributed by atoms with Crippen LogP contribution in [-0.2, 0) is 0 Å². The molecule has 0 atom stereocenters. The monoisotopic (exact) mass is 201 g/mol. The Balaban J connectivity index is 2.59. The second-order valence-corrected chi connectivity index (χ2v) is 3.59. The molecule has 2 aromatic rings. The van der Waals surface area contributed by atoms with Gasteiger partial charge in [0.15, 0.2) is 0 Å². The number of aromatic nitrogens is 2. The second kappa shape index (κ2) is 3.77. The maximum atomic E-state index is 4.23. The second-order valence-electron chi connectivity index (χ2n) is 3.59. The lowest BCUT2D eigenvalue weighted by Crippen LogP contribution is -2.02. The summed E-state index contributed by atoms with van der Waals surface area (Å²) in [5, 5.41) is 3.07. The Hall–Kier alpha value is -1.77. The quantitative estimate of drug-likeness (QED) is 0.809. The highest BCUT2D eigenvalue weighted by molar-refractivity contribution is 5.49. The Bertz CT molecular complexity index is 471. The molecule has 0 aliphatic heterocycles. The number of hydrogen-bond acceptors (Lipinski definition) is 2. The Morgan fingerprint density at radius 1 is 1.27 bits per heavy atom. The van der Waals surface area contributed by atoms with E-state index in [1.54, 1.807) is 6.20 Å². The van der Waals surface area contributed by atoms with Crippen molar-refractivity contribution >= 4 is 5.95 Å². The minimum absolute atomic E-state index is 0.865. The molecular weight excluding hydrogens is 186 g/mol. The normalized spacial score (nSPS) is 10.3. The molecule has 3 heteroatoms. The maximum Gasteiger partial charge on any atom is 0.207 e. The summed E-state index contributed by atoms with van der Waals surface area (Å²) < 4.78 is 2.06. The zero-order chi connectivity index (χ0) is 10.8. The van der Waals surface area contributed by atoms with E-state index >= 15 is 0 Å². The van der Waals surface area contributed by atoms with Crippen molar-refractivity contribution in [3.8, 4) is 5.69 Å². The van der Waals surface area contributed by atoms with Crippen molar-refractivity contribution in [1.82, 2.24) is 9.55 Å². The molecule has 78 valence electrons. The van der Waals surface area contributed by atoms with Gasteiger partial charge in [0.05, 0.1) is 5.69 Å². The summed E-state index contributed by atoms with van der Waals surface area (Å²) in [5.41, 5.74) is 3.76. The summed E-state index contributed by atoms with van der Waals surface area (Å²) >= 11 is 0. The third kappa shape index (κ3) is 1.61. The molecule has 0 aliphatic carbocycles. The molecule has 0 radical (unpaired) electrons. The first-order valence-corrected chi connectivity index (χ1v) is 5.01. The summed E-state index contributed by atoms with van der Waals surface area (Å²) in [7, 11) is 1.88. The molecule has 0 saturated carbocycles. The van der Waals surface area contributed by atoms with Crippen molar-refractivity contribution in [1.29, 1.82) is 0 Å². The Kier molecular flexibility index (Phi) is 2.46. The lowest BCUT2D eigenvalue weighted by atomic mass is 10.1. The smallest absolute Gasteiger partial charge is 0.207 e. The lowest BCUT2D eigenvalue weighted by molar-refractivity contribution is 1.03. The molecule has 0 fully saturated rings. The number of aryl methyl sites for hydroxylation is 1. The van der Waals surface area contributed by atoms with Crippen molar-refractivity contribution in [3.05, 3.63) is 41.7 Å². The summed E-state index contributed by atoms with van der Waals surface area (Å²) in [6.07, 6.45) is 3.77. The molecule has 1 heterocycles. The van der Waals surface area contributed by atoms with Gasteiger partial charge in [0.25, 0.3) is 0 Å². The molecule has 2 rings (SSSR count). The fourth-order valence-corrected chi connectivity index (χ4v) is 1.68. The van der Waals surface area contributed by atoms with Gasteiger partial charge >= 0.3 is 0 Å². The summed E-state index contributed by atoms with van der Waals surface area (Å²) in [4.78, 5) is 4.23. The number of hydrogen-bond donors (Lipinski definition) is 1. The van der Waals surface area contributed by atoms with Gasteiger partial charge in [-0.3, -0.25) is 4.57 Å². The highest BCUT2D eigenvalue weighted by Gasteiger charge is 2.06. The van der Waals surface area contributed by atoms with Gasteiger partial charge in [-0.05, 0) is 31.0 Å². The minimum Gasteiger partial charge on any atom is -0.358 e. The number of benzene rings is 1. The van der Waals surface area contributed by atoms with Crippen LogP contribution >= 0.6 is 0 Å². The van der Waals surface area contributed by atoms with Crippen LogP contribution in [-0.4, -0.2) is 16.6 Å². The first-order chi connectivity index (χ1) is 7.24. The van der Waals surface area contributed by atoms with E-state index in [9.17, 15) is 0 Å². The molecular formula is C12H15N3. The van der Waals surface area contributed by atoms with Crippen LogP contribution < -0.4 is 5.32 Å². The molecule has 0 bridgehead atoms. The highest BCUT2D eigenvalue weighted by atomic mass is 15.2. The summed E-state index contributed by atoms with van der Waals surface area (Å²) in [6, 6.07) is 6.29. The lowest BCUT2D eigenvalue weighted by Gasteiger charge is -2.11. The summed E-state index contributed by atoms with van der Waals surface area (Å²) in [6.45, 7) is 4.25. The largest absolute Gasteiger partial charge is 0.358 e. The predicted molar refractivity (Wildman–Crippen MR) is 62.6 cm³/mol. The van der Waals surface area contributed by atoms with Gasteiger partial charge in [-0.2, -0.15) is 0 Å². The van der Waals surface area contributed by atoms with Crippen molar-refractivity contribution in [3.63, 3.8) is 0 Å². The topological polar surface area (TPSA) is 29.9 Å². The molecule has 3 nitrogen and oxygen atoms in total. The fraction of sp³-hybridized carbons (Fsp3) is 0.250. The van der Waals surface area contributed by atoms with E-state index < -0.39 is 0 Å². The van der Waals surface area contributed by atoms with E-state index in [-0.39, 0.29) is 0 Å². The number of nitrogens with one attached hydrogen (secondary N) is 1. The van der Waals surface area contributed by atoms with Crippen LogP contribution in [0.15, 0.2) is 30.6 Å². The third-order valence-corrected chi connectivity index (χ3v) is 2.70. The van der Waals surface area contributed by atoms with Gasteiger partial charge in [0.2, 0.25) is 5.95 Å². The van der Waals surface area contributed by atoms with Crippen LogP contribution in [0.25, 0.3) is 5.69 Å². The molecule has 0 spiro atoms. The van der Waals surface area contributed by atoms with Gasteiger partial charge < -0.3 is 5.32 Å². The van der Waals surface area contributed by atoms with Crippen molar-refractivity contribution in [2.24, 2.45) is 0 Å². The van der Waals surface area contributed by atoms with E-state index in [1.165, 1.54) is 16.8 Å². The van der Waals surface area contributed by atoms with Crippen LogP contribution in [0.4, 0.5) is 5.95 Å². The molecule has 15 heavy (non-hydrogen) atoms. The van der Waals surface area contributed by atoms with Crippen molar-refractivity contribution < 1.29 is 0 Å². The van der Waals surface area contributed by atoms with Crippen LogP contribution in [0, 0.1) is 13.8 Å². The number of nitrogens with zero attached hydrogens (tertiary/aromatic N) is 2. The van der Waals surface area contributed by atoms with Crippen LogP contribution in [0.1, 0.15) is 11.1 Å². The highest BCUT2D eigenvalue weighted by Crippen LogP contribution is 2.20. The number of anilines is 1. The van der Waals surface area contributed by atoms with Crippen LogP contribution in [0.3, 0.4) is 0 Å². The standard InChI is InChI=1S/C12H15N3/c1-9-5-4-6-11(10(9)2)15-8-7-14-12(15)13-3/h4-8H,1-3H3,(H,13,14). The van der Waals surface area contributed by atoms with Gasteiger partial charge in [0.1, 0.15) is 0 Å². The Morgan fingerprint density at radius 2 is 2.07 bits per heavy atom. The zero-order valence-corrected chi connectivity index (χ0v) is 9.28. The number of imidazole rings is 1. The van der Waals surface area contributed by atoms with Crippen molar-refractivity contribution in [2.45, 2.75) is 13.8 Å². The van der Waals surface area contributed by atoms with E-state index in [4.69, 9.17) is 0 Å². The molecule has 1 N–H and O–H groups in total. The molecule has 0 unspecified atom stereocenters. The maximum absolute atomic E-state index is 4.23. The van der Waals surface area contributed by atoms with Crippen molar-refractivity contribution in [2.75, 3.05) is 12.4 Å². The summed E-state index contributed by atoms with van der Waals surface area (Å²) in [5.74, 6) is 0.865. The minimum atomic E-state index is 0.865. The fourth-order valence-electron chi connectivity index (χ4n) is 1.68. The van der Waals surface area contributed by atoms with Gasteiger partial charge in [-0.1, -0.05) is 12.1 Å². The van der Waals surface area contributed by atoms with E-state index in [0.717, 1.165) is 5.95 Å². The average Bonchev–Trinajstić information content (AvgIpc) is 2.70. The van der Waals surface area contributed by atoms with Crippen LogP contribution in [0.2, 0.25) is 0 Å². The zero-order valence-electron chi connectivity index (χ0n) is 9.28. The molecule has 1 aromatic heterocycles.